The summed E-state index contributed by atoms with van der Waals surface area (Å²) in [6.45, 7) is 8.36. The third kappa shape index (κ3) is 5.15. The van der Waals surface area contributed by atoms with E-state index in [1.165, 1.54) is 12.8 Å². The van der Waals surface area contributed by atoms with Crippen LogP contribution in [0.1, 0.15) is 40.5 Å². The maximum atomic E-state index is 4.02. The maximum absolute atomic E-state index is 4.02. The number of aromatic nitrogens is 3. The zero-order valence-electron chi connectivity index (χ0n) is 10.1. The molecule has 0 radical (unpaired) electrons. The molecule has 0 bridgehead atoms. The monoisotopic (exact) mass is 207 g/mol. The first-order valence-corrected chi connectivity index (χ1v) is 5.61. The highest BCUT2D eigenvalue weighted by Crippen LogP contribution is 2.03. The molecule has 0 fully saturated rings. The number of pyridine rings is 1. The van der Waals surface area contributed by atoms with Crippen LogP contribution in [0.5, 0.6) is 0 Å². The smallest absolute Gasteiger partial charge is 0.0932 e. The van der Waals surface area contributed by atoms with Gasteiger partial charge in [0.25, 0.3) is 0 Å². The van der Waals surface area contributed by atoms with Crippen molar-refractivity contribution in [2.24, 2.45) is 0 Å². The summed E-state index contributed by atoms with van der Waals surface area (Å²) in [6.07, 6.45) is 7.78. The lowest BCUT2D eigenvalue weighted by atomic mass is 10.4. The number of aromatic amines is 1. The molecule has 3 heteroatoms. The second kappa shape index (κ2) is 9.19. The Bertz CT molecular complexity index is 309. The number of hydrogen-bond donors (Lipinski definition) is 1. The molecule has 0 aliphatic rings. The van der Waals surface area contributed by atoms with Crippen molar-refractivity contribution in [2.75, 3.05) is 0 Å². The average molecular weight is 207 g/mol. The molecule has 0 saturated heterocycles. The summed E-state index contributed by atoms with van der Waals surface area (Å²) in [5.41, 5.74) is 1.95. The number of rotatable bonds is 1. The second-order valence-electron chi connectivity index (χ2n) is 2.80. The Hall–Kier alpha value is -1.38. The maximum Gasteiger partial charge on any atom is 0.0932 e. The highest BCUT2D eigenvalue weighted by Gasteiger charge is 1.89. The van der Waals surface area contributed by atoms with Crippen molar-refractivity contribution in [3.63, 3.8) is 0 Å². The molecular formula is C12H21N3. The van der Waals surface area contributed by atoms with E-state index in [0.29, 0.717) is 0 Å². The molecule has 2 rings (SSSR count). The summed E-state index contributed by atoms with van der Waals surface area (Å²) in [5, 5.41) is 0. The standard InChI is InChI=1S/C6H5N3.C4H10.C2H6/c1-2-7-3-6-5(1)8-4-9-6;1-3-4-2;1-2/h1-4H,(H,8,9);3-4H2,1-2H3;1-2H3. The Morgan fingerprint density at radius 3 is 2.40 bits per heavy atom. The largest absolute Gasteiger partial charge is 0.343 e. The minimum absolute atomic E-state index is 0.963. The highest BCUT2D eigenvalue weighted by molar-refractivity contribution is 5.72. The van der Waals surface area contributed by atoms with Crippen molar-refractivity contribution in [1.29, 1.82) is 0 Å². The van der Waals surface area contributed by atoms with Gasteiger partial charge in [0, 0.05) is 6.20 Å². The number of H-pyrrole nitrogens is 1. The van der Waals surface area contributed by atoms with E-state index >= 15 is 0 Å². The van der Waals surface area contributed by atoms with Crippen LogP contribution in [0.2, 0.25) is 0 Å². The van der Waals surface area contributed by atoms with E-state index in [0.717, 1.165) is 11.0 Å². The number of unbranched alkanes of at least 4 members (excludes halogenated alkanes) is 1. The van der Waals surface area contributed by atoms with Gasteiger partial charge in [-0.3, -0.25) is 4.98 Å². The molecule has 0 saturated carbocycles. The number of imidazole rings is 1. The van der Waals surface area contributed by atoms with E-state index in [1.54, 1.807) is 18.7 Å². The predicted molar refractivity (Wildman–Crippen MR) is 65.8 cm³/mol. The fourth-order valence-electron chi connectivity index (χ4n) is 0.782. The summed E-state index contributed by atoms with van der Waals surface area (Å²) >= 11 is 0. The summed E-state index contributed by atoms with van der Waals surface area (Å²) in [6, 6.07) is 1.87. The lowest BCUT2D eigenvalue weighted by molar-refractivity contribution is 0.886. The minimum Gasteiger partial charge on any atom is -0.343 e. The van der Waals surface area contributed by atoms with Crippen LogP contribution < -0.4 is 0 Å². The van der Waals surface area contributed by atoms with E-state index in [9.17, 15) is 0 Å². The molecule has 3 nitrogen and oxygen atoms in total. The van der Waals surface area contributed by atoms with E-state index < -0.39 is 0 Å². The van der Waals surface area contributed by atoms with E-state index in [2.05, 4.69) is 28.8 Å². The Kier molecular flexibility index (Phi) is 8.34. The summed E-state index contributed by atoms with van der Waals surface area (Å²) in [4.78, 5) is 10.9. The molecule has 2 heterocycles. The van der Waals surface area contributed by atoms with Crippen LogP contribution >= 0.6 is 0 Å². The van der Waals surface area contributed by atoms with Crippen LogP contribution in [0.3, 0.4) is 0 Å². The lowest BCUT2D eigenvalue weighted by Gasteiger charge is -1.80. The topological polar surface area (TPSA) is 41.6 Å². The van der Waals surface area contributed by atoms with Gasteiger partial charge in [-0.25, -0.2) is 4.98 Å². The molecule has 2 aromatic rings. The zero-order chi connectivity index (χ0) is 11.5. The van der Waals surface area contributed by atoms with Gasteiger partial charge in [0.1, 0.15) is 0 Å². The molecule has 0 spiro atoms. The van der Waals surface area contributed by atoms with Gasteiger partial charge in [-0.15, -0.1) is 0 Å². The second-order valence-corrected chi connectivity index (χ2v) is 2.80. The van der Waals surface area contributed by atoms with Gasteiger partial charge < -0.3 is 4.98 Å². The lowest BCUT2D eigenvalue weighted by Crippen LogP contribution is -1.69. The molecular weight excluding hydrogens is 186 g/mol. The van der Waals surface area contributed by atoms with Crippen molar-refractivity contribution >= 4 is 11.0 Å². The van der Waals surface area contributed by atoms with Crippen LogP contribution in [0.4, 0.5) is 0 Å². The van der Waals surface area contributed by atoms with Gasteiger partial charge in [-0.2, -0.15) is 0 Å². The van der Waals surface area contributed by atoms with Gasteiger partial charge in [0.2, 0.25) is 0 Å². The Morgan fingerprint density at radius 1 is 1.20 bits per heavy atom. The highest BCUT2D eigenvalue weighted by atomic mass is 14.9. The fraction of sp³-hybridized carbons (Fsp3) is 0.500. The Morgan fingerprint density at radius 2 is 1.87 bits per heavy atom. The molecule has 0 amide bonds. The van der Waals surface area contributed by atoms with Crippen molar-refractivity contribution in [1.82, 2.24) is 15.0 Å². The van der Waals surface area contributed by atoms with Crippen LogP contribution in [-0.2, 0) is 0 Å². The van der Waals surface area contributed by atoms with Crippen molar-refractivity contribution in [2.45, 2.75) is 40.5 Å². The summed E-state index contributed by atoms with van der Waals surface area (Å²) < 4.78 is 0. The molecule has 0 unspecified atom stereocenters. The molecule has 2 aromatic heterocycles. The average Bonchev–Trinajstić information content (AvgIpc) is 2.80. The number of nitrogens with one attached hydrogen (secondary N) is 1. The minimum atomic E-state index is 0.963. The van der Waals surface area contributed by atoms with Crippen molar-refractivity contribution in [3.8, 4) is 0 Å². The Balaban J connectivity index is 0.000000282. The molecule has 0 atom stereocenters. The first kappa shape index (κ1) is 13.6. The van der Waals surface area contributed by atoms with Gasteiger partial charge in [-0.05, 0) is 6.07 Å². The van der Waals surface area contributed by atoms with Crippen LogP contribution in [0.25, 0.3) is 11.0 Å². The van der Waals surface area contributed by atoms with Crippen molar-refractivity contribution in [3.05, 3.63) is 24.8 Å². The summed E-state index contributed by atoms with van der Waals surface area (Å²) in [7, 11) is 0. The quantitative estimate of drug-likeness (QED) is 0.773. The molecule has 0 aliphatic heterocycles. The van der Waals surface area contributed by atoms with Gasteiger partial charge >= 0.3 is 0 Å². The fourth-order valence-corrected chi connectivity index (χ4v) is 0.782. The zero-order valence-corrected chi connectivity index (χ0v) is 10.1. The van der Waals surface area contributed by atoms with Crippen LogP contribution in [0, 0.1) is 0 Å². The first-order chi connectivity index (χ1) is 7.38. The van der Waals surface area contributed by atoms with E-state index in [4.69, 9.17) is 0 Å². The van der Waals surface area contributed by atoms with Crippen molar-refractivity contribution < 1.29 is 0 Å². The molecule has 0 aromatic carbocycles. The predicted octanol–water partition coefficient (Wildman–Crippen LogP) is 3.79. The number of fused-ring (bicyclic) bond motifs is 1. The molecule has 0 aliphatic carbocycles. The first-order valence-electron chi connectivity index (χ1n) is 5.61. The van der Waals surface area contributed by atoms with Crippen LogP contribution in [-0.4, -0.2) is 15.0 Å². The van der Waals surface area contributed by atoms with Gasteiger partial charge in [-0.1, -0.05) is 40.5 Å². The molecule has 15 heavy (non-hydrogen) atoms. The number of hydrogen-bond acceptors (Lipinski definition) is 2. The van der Waals surface area contributed by atoms with Crippen LogP contribution in [0.15, 0.2) is 24.8 Å². The molecule has 84 valence electrons. The normalized spacial score (nSPS) is 8.53. The number of nitrogens with zero attached hydrogens (tertiary/aromatic N) is 2. The van der Waals surface area contributed by atoms with Gasteiger partial charge in [0.15, 0.2) is 0 Å². The van der Waals surface area contributed by atoms with E-state index in [-0.39, 0.29) is 0 Å². The SMILES string of the molecule is CC.CCCC.c1cc2nc[nH]c2cn1. The molecule has 1 N–H and O–H groups in total. The van der Waals surface area contributed by atoms with E-state index in [1.807, 2.05) is 19.9 Å². The van der Waals surface area contributed by atoms with Gasteiger partial charge in [0.05, 0.1) is 23.6 Å². The third-order valence-corrected chi connectivity index (χ3v) is 1.72. The summed E-state index contributed by atoms with van der Waals surface area (Å²) in [5.74, 6) is 0. The Labute approximate surface area is 92.0 Å². The third-order valence-electron chi connectivity index (χ3n) is 1.72.